The van der Waals surface area contributed by atoms with Crippen LogP contribution in [-0.4, -0.2) is 10.4 Å². The van der Waals surface area contributed by atoms with Crippen molar-refractivity contribution in [3.63, 3.8) is 0 Å². The Morgan fingerprint density at radius 1 is 1.29 bits per heavy atom. The van der Waals surface area contributed by atoms with Gasteiger partial charge in [-0.2, -0.15) is 13.2 Å². The van der Waals surface area contributed by atoms with Crippen LogP contribution in [0.3, 0.4) is 0 Å². The number of hydrogen-bond acceptors (Lipinski definition) is 3. The molecule has 0 aliphatic rings. The van der Waals surface area contributed by atoms with Gasteiger partial charge in [0.15, 0.2) is 5.78 Å². The van der Waals surface area contributed by atoms with E-state index >= 15 is 0 Å². The Balaban J connectivity index is 2.33. The largest absolute Gasteiger partial charge is 0.417 e. The monoisotopic (exact) mass is 355 g/mol. The van der Waals surface area contributed by atoms with Gasteiger partial charge in [-0.25, -0.2) is 0 Å². The van der Waals surface area contributed by atoms with E-state index in [9.17, 15) is 22.8 Å². The van der Waals surface area contributed by atoms with Gasteiger partial charge in [0.2, 0.25) is 0 Å². The van der Waals surface area contributed by atoms with E-state index in [0.717, 1.165) is 17.4 Å². The molecule has 0 saturated carbocycles. The van der Waals surface area contributed by atoms with Gasteiger partial charge in [0.1, 0.15) is 4.34 Å². The van der Waals surface area contributed by atoms with Crippen molar-refractivity contribution in [3.8, 4) is 0 Å². The second kappa shape index (κ2) is 5.82. The smallest absolute Gasteiger partial charge is 0.307 e. The normalized spacial score (nSPS) is 11.7. The van der Waals surface area contributed by atoms with E-state index in [1.807, 2.05) is 0 Å². The zero-order valence-corrected chi connectivity index (χ0v) is 12.4. The maximum absolute atomic E-state index is 12.6. The van der Waals surface area contributed by atoms with Gasteiger partial charge in [0.25, 0.3) is 5.56 Å². The lowest BCUT2D eigenvalue weighted by atomic mass is 10.2. The van der Waals surface area contributed by atoms with Crippen molar-refractivity contribution in [2.75, 3.05) is 0 Å². The number of Topliss-reactive ketones (excluding diaryl/α,β-unsaturated/α-hetero) is 1. The van der Waals surface area contributed by atoms with Gasteiger partial charge in [-0.1, -0.05) is 23.2 Å². The predicted octanol–water partition coefficient (Wildman–Crippen LogP) is 4.12. The van der Waals surface area contributed by atoms with E-state index in [4.69, 9.17) is 23.2 Å². The highest BCUT2D eigenvalue weighted by Gasteiger charge is 2.31. The summed E-state index contributed by atoms with van der Waals surface area (Å²) in [4.78, 5) is 23.5. The molecular formula is C12H6Cl2F3NO2S. The number of nitrogens with zero attached hydrogens (tertiary/aromatic N) is 1. The van der Waals surface area contributed by atoms with E-state index in [2.05, 4.69) is 0 Å². The minimum Gasteiger partial charge on any atom is -0.307 e. The van der Waals surface area contributed by atoms with E-state index < -0.39 is 29.6 Å². The molecule has 3 nitrogen and oxygen atoms in total. The maximum Gasteiger partial charge on any atom is 0.417 e. The van der Waals surface area contributed by atoms with Crippen molar-refractivity contribution < 1.29 is 18.0 Å². The minimum absolute atomic E-state index is 0.0796. The van der Waals surface area contributed by atoms with Crippen LogP contribution >= 0.6 is 34.5 Å². The van der Waals surface area contributed by atoms with Crippen LogP contribution in [0.5, 0.6) is 0 Å². The average Bonchev–Trinajstić information content (AvgIpc) is 2.70. The molecule has 0 atom stereocenters. The Kier molecular flexibility index (Phi) is 4.46. The third kappa shape index (κ3) is 3.66. The Labute approximate surface area is 130 Å². The fourth-order valence-electron chi connectivity index (χ4n) is 1.59. The highest BCUT2D eigenvalue weighted by molar-refractivity contribution is 7.20. The minimum atomic E-state index is -4.60. The molecule has 9 heteroatoms. The van der Waals surface area contributed by atoms with Gasteiger partial charge in [-0.05, 0) is 12.1 Å². The van der Waals surface area contributed by atoms with Crippen molar-refractivity contribution >= 4 is 40.3 Å². The first kappa shape index (κ1) is 16.1. The van der Waals surface area contributed by atoms with Gasteiger partial charge in [-0.15, -0.1) is 11.3 Å². The number of pyridine rings is 1. The molecule has 0 fully saturated rings. The zero-order chi connectivity index (χ0) is 15.8. The van der Waals surface area contributed by atoms with Crippen LogP contribution in [0.1, 0.15) is 15.9 Å². The lowest BCUT2D eigenvalue weighted by molar-refractivity contribution is -0.138. The van der Waals surface area contributed by atoms with Gasteiger partial charge in [-0.3, -0.25) is 9.59 Å². The summed E-state index contributed by atoms with van der Waals surface area (Å²) >= 11 is 12.5. The summed E-state index contributed by atoms with van der Waals surface area (Å²) in [6, 6.07) is 2.74. The first-order valence-corrected chi connectivity index (χ1v) is 7.01. The number of carbonyl (C=O) groups excluding carboxylic acids is 1. The van der Waals surface area contributed by atoms with Crippen molar-refractivity contribution in [1.29, 1.82) is 0 Å². The Morgan fingerprint density at radius 2 is 1.95 bits per heavy atom. The maximum atomic E-state index is 12.6. The molecule has 0 unspecified atom stereocenters. The highest BCUT2D eigenvalue weighted by Crippen LogP contribution is 2.32. The summed E-state index contributed by atoms with van der Waals surface area (Å²) in [6.45, 7) is -0.546. The molecule has 0 aliphatic carbocycles. The molecule has 0 amide bonds. The molecule has 0 aromatic carbocycles. The van der Waals surface area contributed by atoms with E-state index in [-0.39, 0.29) is 14.2 Å². The number of halogens is 5. The number of thiophene rings is 1. The lowest BCUT2D eigenvalue weighted by Gasteiger charge is -2.10. The standard InChI is InChI=1S/C12H6Cl2F3NO2S/c13-9-3-7(11(14)21-9)8(19)5-18-4-6(12(15,16)17)1-2-10(18)20/h1-4H,5H2. The first-order chi connectivity index (χ1) is 9.68. The second-order valence-corrected chi connectivity index (χ2v) is 6.33. The van der Waals surface area contributed by atoms with E-state index in [1.165, 1.54) is 6.07 Å². The fourth-order valence-corrected chi connectivity index (χ4v) is 3.09. The van der Waals surface area contributed by atoms with E-state index in [0.29, 0.717) is 16.8 Å². The molecular weight excluding hydrogens is 350 g/mol. The third-order valence-electron chi connectivity index (χ3n) is 2.58. The Bertz CT molecular complexity index is 752. The summed E-state index contributed by atoms with van der Waals surface area (Å²) in [5.74, 6) is -0.593. The van der Waals surface area contributed by atoms with Crippen LogP contribution in [0.4, 0.5) is 13.2 Å². The SMILES string of the molecule is O=C(Cn1cc(C(F)(F)F)ccc1=O)c1cc(Cl)sc1Cl. The number of ketones is 1. The van der Waals surface area contributed by atoms with Crippen molar-refractivity contribution in [1.82, 2.24) is 4.57 Å². The van der Waals surface area contributed by atoms with Crippen molar-refractivity contribution in [2.24, 2.45) is 0 Å². The van der Waals surface area contributed by atoms with Crippen LogP contribution in [-0.2, 0) is 12.7 Å². The molecule has 0 spiro atoms. The van der Waals surface area contributed by atoms with Gasteiger partial charge < -0.3 is 4.57 Å². The quantitative estimate of drug-likeness (QED) is 0.777. The van der Waals surface area contributed by atoms with Crippen LogP contribution in [0.25, 0.3) is 0 Å². The fraction of sp³-hybridized carbons (Fsp3) is 0.167. The van der Waals surface area contributed by atoms with Gasteiger partial charge in [0.05, 0.1) is 22.0 Å². The Morgan fingerprint density at radius 3 is 2.48 bits per heavy atom. The molecule has 0 aliphatic heterocycles. The average molecular weight is 356 g/mol. The predicted molar refractivity (Wildman–Crippen MR) is 74.4 cm³/mol. The second-order valence-electron chi connectivity index (χ2n) is 4.04. The molecule has 2 heterocycles. The number of hydrogen-bond donors (Lipinski definition) is 0. The van der Waals surface area contributed by atoms with Gasteiger partial charge >= 0.3 is 6.18 Å². The highest BCUT2D eigenvalue weighted by atomic mass is 35.5. The van der Waals surface area contributed by atoms with Crippen LogP contribution in [0.15, 0.2) is 29.2 Å². The molecule has 0 bridgehead atoms. The molecule has 2 aromatic heterocycles. The molecule has 21 heavy (non-hydrogen) atoms. The zero-order valence-electron chi connectivity index (χ0n) is 10.1. The summed E-state index contributed by atoms with van der Waals surface area (Å²) in [7, 11) is 0. The third-order valence-corrected chi connectivity index (χ3v) is 4.07. The van der Waals surface area contributed by atoms with Crippen LogP contribution < -0.4 is 5.56 Å². The van der Waals surface area contributed by atoms with Gasteiger partial charge in [0, 0.05) is 12.3 Å². The lowest BCUT2D eigenvalue weighted by Crippen LogP contribution is -2.25. The summed E-state index contributed by atoms with van der Waals surface area (Å²) in [5.41, 5.74) is -1.64. The van der Waals surface area contributed by atoms with Crippen LogP contribution in [0.2, 0.25) is 8.67 Å². The number of carbonyl (C=O) groups is 1. The summed E-state index contributed by atoms with van der Waals surface area (Å²) in [5, 5.41) is 0. The summed E-state index contributed by atoms with van der Waals surface area (Å²) < 4.78 is 38.9. The molecule has 112 valence electrons. The molecule has 0 N–H and O–H groups in total. The summed E-state index contributed by atoms with van der Waals surface area (Å²) in [6.07, 6.45) is -4.00. The number of rotatable bonds is 3. The Hall–Kier alpha value is -1.31. The van der Waals surface area contributed by atoms with Crippen molar-refractivity contribution in [3.05, 3.63) is 54.5 Å². The molecule has 2 aromatic rings. The molecule has 2 rings (SSSR count). The molecule has 0 saturated heterocycles. The molecule has 0 radical (unpaired) electrons. The van der Waals surface area contributed by atoms with E-state index in [1.54, 1.807) is 0 Å². The van der Waals surface area contributed by atoms with Crippen LogP contribution in [0, 0.1) is 0 Å². The van der Waals surface area contributed by atoms with Crippen molar-refractivity contribution in [2.45, 2.75) is 12.7 Å². The topological polar surface area (TPSA) is 39.1 Å². The number of alkyl halides is 3. The first-order valence-electron chi connectivity index (χ1n) is 5.44. The number of aromatic nitrogens is 1.